The first-order chi connectivity index (χ1) is 13.0. The van der Waals surface area contributed by atoms with E-state index in [1.807, 2.05) is 0 Å². The lowest BCUT2D eigenvalue weighted by molar-refractivity contribution is -0.137. The van der Waals surface area contributed by atoms with Gasteiger partial charge in [-0.25, -0.2) is 0 Å². The van der Waals surface area contributed by atoms with Gasteiger partial charge in [0.05, 0.1) is 17.7 Å². The van der Waals surface area contributed by atoms with Crippen molar-refractivity contribution in [3.63, 3.8) is 0 Å². The highest BCUT2D eigenvalue weighted by Gasteiger charge is 2.34. The van der Waals surface area contributed by atoms with E-state index >= 15 is 0 Å². The molecule has 9 heteroatoms. The molecule has 0 atom stereocenters. The number of alkyl halides is 3. The number of carbonyl (C=O) groups excluding carboxylic acids is 3. The van der Waals surface area contributed by atoms with Gasteiger partial charge in [-0.05, 0) is 35.9 Å². The second-order valence-corrected chi connectivity index (χ2v) is 6.04. The molecule has 0 unspecified atom stereocenters. The zero-order valence-corrected chi connectivity index (χ0v) is 15.1. The summed E-state index contributed by atoms with van der Waals surface area (Å²) in [7, 11) is 0. The van der Waals surface area contributed by atoms with Crippen molar-refractivity contribution >= 4 is 34.8 Å². The largest absolute Gasteiger partial charge is 0.418 e. The molecule has 0 fully saturated rings. The van der Waals surface area contributed by atoms with Gasteiger partial charge in [0.1, 0.15) is 0 Å². The van der Waals surface area contributed by atoms with E-state index in [9.17, 15) is 27.6 Å². The molecule has 0 radical (unpaired) electrons. The molecule has 0 aliphatic carbocycles. The van der Waals surface area contributed by atoms with Crippen LogP contribution in [0.25, 0.3) is 0 Å². The Morgan fingerprint density at radius 2 is 1.36 bits per heavy atom. The average molecular weight is 393 g/mol. The first-order valence-electron chi connectivity index (χ1n) is 8.20. The lowest BCUT2D eigenvalue weighted by atomic mass is 10.1. The van der Waals surface area contributed by atoms with E-state index in [4.69, 9.17) is 0 Å². The fraction of sp³-hybridized carbons (Fsp3) is 0.211. The molecule has 0 heterocycles. The van der Waals surface area contributed by atoms with E-state index in [2.05, 4.69) is 16.0 Å². The maximum absolute atomic E-state index is 13.3. The van der Waals surface area contributed by atoms with Crippen molar-refractivity contribution in [3.8, 4) is 0 Å². The van der Waals surface area contributed by atoms with Crippen molar-refractivity contribution in [2.75, 3.05) is 16.0 Å². The van der Waals surface area contributed by atoms with Crippen molar-refractivity contribution in [3.05, 3.63) is 53.6 Å². The van der Waals surface area contributed by atoms with Crippen LogP contribution in [0.5, 0.6) is 0 Å². The smallest absolute Gasteiger partial charge is 0.326 e. The number of carbonyl (C=O) groups is 3. The number of amides is 3. The second kappa shape index (κ2) is 8.55. The van der Waals surface area contributed by atoms with Crippen molar-refractivity contribution in [1.82, 2.24) is 0 Å². The molecule has 2 rings (SSSR count). The molecule has 2 aromatic rings. The zero-order valence-electron chi connectivity index (χ0n) is 15.1. The van der Waals surface area contributed by atoms with Crippen LogP contribution in [0.4, 0.5) is 30.2 Å². The Morgan fingerprint density at radius 3 is 1.89 bits per heavy atom. The molecule has 0 saturated carbocycles. The minimum atomic E-state index is -4.71. The van der Waals surface area contributed by atoms with Crippen LogP contribution in [0.15, 0.2) is 42.5 Å². The molecule has 28 heavy (non-hydrogen) atoms. The number of halogens is 3. The predicted molar refractivity (Wildman–Crippen MR) is 98.8 cm³/mol. The molecule has 0 saturated heterocycles. The van der Waals surface area contributed by atoms with Gasteiger partial charge in [0.25, 0.3) is 0 Å². The predicted octanol–water partition coefficient (Wildman–Crippen LogP) is 3.80. The summed E-state index contributed by atoms with van der Waals surface area (Å²) in [5, 5.41) is 7.10. The van der Waals surface area contributed by atoms with E-state index < -0.39 is 29.2 Å². The van der Waals surface area contributed by atoms with E-state index in [0.29, 0.717) is 11.3 Å². The molecule has 148 valence electrons. The van der Waals surface area contributed by atoms with Crippen LogP contribution in [0, 0.1) is 0 Å². The molecule has 3 amide bonds. The summed E-state index contributed by atoms with van der Waals surface area (Å²) >= 11 is 0. The molecule has 3 N–H and O–H groups in total. The molecule has 0 aliphatic rings. The maximum atomic E-state index is 13.3. The van der Waals surface area contributed by atoms with E-state index in [1.165, 1.54) is 19.9 Å². The van der Waals surface area contributed by atoms with Gasteiger partial charge < -0.3 is 16.0 Å². The van der Waals surface area contributed by atoms with Crippen molar-refractivity contribution in [2.45, 2.75) is 26.4 Å². The highest BCUT2D eigenvalue weighted by Crippen LogP contribution is 2.36. The van der Waals surface area contributed by atoms with Gasteiger partial charge >= 0.3 is 6.18 Å². The number of benzene rings is 2. The Bertz CT molecular complexity index is 894. The van der Waals surface area contributed by atoms with E-state index in [-0.39, 0.29) is 18.0 Å². The van der Waals surface area contributed by atoms with Crippen LogP contribution in [0.1, 0.15) is 25.0 Å². The summed E-state index contributed by atoms with van der Waals surface area (Å²) in [6.45, 7) is 2.54. The Labute approximate surface area is 159 Å². The summed E-state index contributed by atoms with van der Waals surface area (Å²) in [6.07, 6.45) is -4.86. The van der Waals surface area contributed by atoms with Crippen LogP contribution in [0.2, 0.25) is 0 Å². The summed E-state index contributed by atoms with van der Waals surface area (Å²) in [6, 6.07) is 9.49. The average Bonchev–Trinajstić information content (AvgIpc) is 2.56. The minimum absolute atomic E-state index is 0.0219. The normalized spacial score (nSPS) is 10.9. The molecule has 6 nitrogen and oxygen atoms in total. The Morgan fingerprint density at radius 1 is 0.821 bits per heavy atom. The van der Waals surface area contributed by atoms with Crippen molar-refractivity contribution in [1.29, 1.82) is 0 Å². The lowest BCUT2D eigenvalue weighted by Crippen LogP contribution is -2.19. The zero-order chi connectivity index (χ0) is 20.9. The summed E-state index contributed by atoms with van der Waals surface area (Å²) in [5.41, 5.74) is -0.374. The summed E-state index contributed by atoms with van der Waals surface area (Å²) in [4.78, 5) is 34.2. The topological polar surface area (TPSA) is 87.3 Å². The third-order valence-corrected chi connectivity index (χ3v) is 3.56. The molecule has 0 aromatic heterocycles. The van der Waals surface area contributed by atoms with Crippen LogP contribution in [-0.2, 0) is 27.0 Å². The molecular weight excluding hydrogens is 375 g/mol. The number of hydrogen-bond acceptors (Lipinski definition) is 3. The first-order valence-corrected chi connectivity index (χ1v) is 8.20. The van der Waals surface area contributed by atoms with Crippen LogP contribution < -0.4 is 16.0 Å². The van der Waals surface area contributed by atoms with E-state index in [0.717, 1.165) is 12.1 Å². The number of anilines is 3. The highest BCUT2D eigenvalue weighted by atomic mass is 19.4. The summed E-state index contributed by atoms with van der Waals surface area (Å²) < 4.78 is 39.9. The van der Waals surface area contributed by atoms with E-state index in [1.54, 1.807) is 24.3 Å². The quantitative estimate of drug-likeness (QED) is 0.722. The van der Waals surface area contributed by atoms with Gasteiger partial charge in [-0.2, -0.15) is 13.2 Å². The molecule has 0 spiro atoms. The third-order valence-electron chi connectivity index (χ3n) is 3.56. The summed E-state index contributed by atoms with van der Waals surface area (Å²) in [5.74, 6) is -1.38. The highest BCUT2D eigenvalue weighted by molar-refractivity contribution is 5.94. The Hall–Kier alpha value is -3.36. The van der Waals surface area contributed by atoms with Gasteiger partial charge in [0.15, 0.2) is 0 Å². The van der Waals surface area contributed by atoms with Crippen LogP contribution >= 0.6 is 0 Å². The van der Waals surface area contributed by atoms with Crippen molar-refractivity contribution < 1.29 is 27.6 Å². The van der Waals surface area contributed by atoms with Gasteiger partial charge in [0, 0.05) is 25.2 Å². The fourth-order valence-electron chi connectivity index (χ4n) is 2.46. The number of hydrogen-bond donors (Lipinski definition) is 3. The monoisotopic (exact) mass is 393 g/mol. The fourth-order valence-corrected chi connectivity index (χ4v) is 2.46. The standard InChI is InChI=1S/C19H18F3N3O3/c1-11(26)23-14-5-3-13(4-6-14)9-18(28)25-17-8-7-15(24-12(2)27)10-16(17)19(20,21)22/h3-8,10H,9H2,1-2H3,(H,23,26)(H,24,27)(H,25,28). The minimum Gasteiger partial charge on any atom is -0.326 e. The lowest BCUT2D eigenvalue weighted by Gasteiger charge is -2.15. The number of rotatable bonds is 5. The molecular formula is C19H18F3N3O3. The van der Waals surface area contributed by atoms with Gasteiger partial charge in [0.2, 0.25) is 17.7 Å². The van der Waals surface area contributed by atoms with Crippen LogP contribution in [0.3, 0.4) is 0 Å². The first kappa shape index (κ1) is 20.9. The Balaban J connectivity index is 2.14. The molecule has 0 bridgehead atoms. The van der Waals surface area contributed by atoms with Gasteiger partial charge in [-0.1, -0.05) is 12.1 Å². The molecule has 0 aliphatic heterocycles. The van der Waals surface area contributed by atoms with Crippen molar-refractivity contribution in [2.24, 2.45) is 0 Å². The van der Waals surface area contributed by atoms with Gasteiger partial charge in [-0.3, -0.25) is 14.4 Å². The SMILES string of the molecule is CC(=O)Nc1ccc(CC(=O)Nc2ccc(NC(C)=O)cc2C(F)(F)F)cc1. The van der Waals surface area contributed by atoms with Crippen LogP contribution in [-0.4, -0.2) is 17.7 Å². The maximum Gasteiger partial charge on any atom is 0.418 e. The number of nitrogens with one attached hydrogen (secondary N) is 3. The van der Waals surface area contributed by atoms with Gasteiger partial charge in [-0.15, -0.1) is 0 Å². The third kappa shape index (κ3) is 6.11. The second-order valence-electron chi connectivity index (χ2n) is 6.04. The Kier molecular flexibility index (Phi) is 6.40. The molecule has 2 aromatic carbocycles.